The molecule has 0 fully saturated rings. The van der Waals surface area contributed by atoms with E-state index in [4.69, 9.17) is 4.42 Å². The van der Waals surface area contributed by atoms with E-state index in [1.807, 2.05) is 20.9 Å². The zero-order chi connectivity index (χ0) is 13.8. The topological polar surface area (TPSA) is 41.3 Å². The fourth-order valence-electron chi connectivity index (χ4n) is 2.11. The van der Waals surface area contributed by atoms with E-state index in [9.17, 15) is 0 Å². The maximum atomic E-state index is 5.71. The summed E-state index contributed by atoms with van der Waals surface area (Å²) in [4.78, 5) is 6.75. The zero-order valence-corrected chi connectivity index (χ0v) is 12.8. The van der Waals surface area contributed by atoms with Crippen LogP contribution < -0.4 is 5.32 Å². The van der Waals surface area contributed by atoms with Crippen molar-refractivity contribution in [3.63, 3.8) is 0 Å². The highest BCUT2D eigenvalue weighted by Gasteiger charge is 2.10. The molecule has 0 bridgehead atoms. The van der Waals surface area contributed by atoms with E-state index in [2.05, 4.69) is 33.7 Å². The Balaban J connectivity index is 1.96. The van der Waals surface area contributed by atoms with Gasteiger partial charge in [-0.15, -0.1) is 11.3 Å². The first-order chi connectivity index (χ1) is 9.08. The first-order valence-corrected chi connectivity index (χ1v) is 7.28. The minimum atomic E-state index is 0.774. The van der Waals surface area contributed by atoms with Crippen LogP contribution in [0.25, 0.3) is 0 Å². The second-order valence-electron chi connectivity index (χ2n) is 4.85. The van der Waals surface area contributed by atoms with E-state index in [-0.39, 0.29) is 0 Å². The molecule has 5 heteroatoms. The SMILES string of the molecule is CNCc1cc(CN(C)Cc2csc(C)n2)c(C)o1. The second kappa shape index (κ2) is 6.32. The normalized spacial score (nSPS) is 11.4. The number of furan rings is 1. The molecule has 0 atom stereocenters. The maximum absolute atomic E-state index is 5.71. The molecule has 4 nitrogen and oxygen atoms in total. The van der Waals surface area contributed by atoms with Crippen LogP contribution in [0.15, 0.2) is 15.9 Å². The Kier molecular flexibility index (Phi) is 4.74. The standard InChI is InChI=1S/C14H21N3OS/c1-10-12(5-14(18-10)6-15-3)7-17(4)8-13-9-19-11(2)16-13/h5,9,15H,6-8H2,1-4H3. The van der Waals surface area contributed by atoms with Gasteiger partial charge in [-0.1, -0.05) is 0 Å². The summed E-state index contributed by atoms with van der Waals surface area (Å²) < 4.78 is 5.71. The Bertz CT molecular complexity index is 533. The van der Waals surface area contributed by atoms with Crippen molar-refractivity contribution in [1.29, 1.82) is 0 Å². The summed E-state index contributed by atoms with van der Waals surface area (Å²) in [7, 11) is 4.03. The molecule has 0 saturated carbocycles. The lowest BCUT2D eigenvalue weighted by molar-refractivity contribution is 0.313. The smallest absolute Gasteiger partial charge is 0.118 e. The summed E-state index contributed by atoms with van der Waals surface area (Å²) in [6.07, 6.45) is 0. The lowest BCUT2D eigenvalue weighted by atomic mass is 10.2. The number of hydrogen-bond acceptors (Lipinski definition) is 5. The number of nitrogens with one attached hydrogen (secondary N) is 1. The van der Waals surface area contributed by atoms with Gasteiger partial charge in [-0.05, 0) is 34.0 Å². The average molecular weight is 279 g/mol. The van der Waals surface area contributed by atoms with E-state index in [1.165, 1.54) is 5.56 Å². The highest BCUT2D eigenvalue weighted by atomic mass is 32.1. The molecular formula is C14H21N3OS. The Hall–Kier alpha value is -1.17. The van der Waals surface area contributed by atoms with Crippen LogP contribution in [0.1, 0.15) is 27.8 Å². The van der Waals surface area contributed by atoms with Crippen molar-refractivity contribution >= 4 is 11.3 Å². The highest BCUT2D eigenvalue weighted by molar-refractivity contribution is 7.09. The van der Waals surface area contributed by atoms with Crippen LogP contribution in [0.2, 0.25) is 0 Å². The van der Waals surface area contributed by atoms with Crippen LogP contribution >= 0.6 is 11.3 Å². The van der Waals surface area contributed by atoms with Crippen molar-refractivity contribution in [2.24, 2.45) is 0 Å². The van der Waals surface area contributed by atoms with Crippen LogP contribution in [0, 0.1) is 13.8 Å². The lowest BCUT2D eigenvalue weighted by Gasteiger charge is -2.14. The van der Waals surface area contributed by atoms with Gasteiger partial charge in [0.2, 0.25) is 0 Å². The number of hydrogen-bond donors (Lipinski definition) is 1. The number of aromatic nitrogens is 1. The Morgan fingerprint density at radius 1 is 1.37 bits per heavy atom. The quantitative estimate of drug-likeness (QED) is 0.882. The molecular weight excluding hydrogens is 258 g/mol. The van der Waals surface area contributed by atoms with Gasteiger partial charge in [0.15, 0.2) is 0 Å². The summed E-state index contributed by atoms with van der Waals surface area (Å²) in [5.74, 6) is 2.00. The summed E-state index contributed by atoms with van der Waals surface area (Å²) in [5.41, 5.74) is 2.39. The van der Waals surface area contributed by atoms with Gasteiger partial charge in [0.1, 0.15) is 11.5 Å². The molecule has 2 aromatic heterocycles. The molecule has 0 aliphatic rings. The highest BCUT2D eigenvalue weighted by Crippen LogP contribution is 2.17. The molecule has 2 rings (SSSR count). The summed E-state index contributed by atoms with van der Waals surface area (Å²) in [6.45, 7) is 6.59. The zero-order valence-electron chi connectivity index (χ0n) is 12.0. The molecule has 19 heavy (non-hydrogen) atoms. The summed E-state index contributed by atoms with van der Waals surface area (Å²) in [5, 5.41) is 6.35. The molecule has 0 aliphatic heterocycles. The largest absolute Gasteiger partial charge is 0.465 e. The van der Waals surface area contributed by atoms with Gasteiger partial charge in [0.25, 0.3) is 0 Å². The van der Waals surface area contributed by atoms with Crippen LogP contribution in [0.3, 0.4) is 0 Å². The van der Waals surface area contributed by atoms with Gasteiger partial charge in [-0.25, -0.2) is 4.98 Å². The third-order valence-corrected chi connectivity index (χ3v) is 3.78. The molecule has 0 radical (unpaired) electrons. The summed E-state index contributed by atoms with van der Waals surface area (Å²) in [6, 6.07) is 2.13. The summed E-state index contributed by atoms with van der Waals surface area (Å²) >= 11 is 1.70. The minimum absolute atomic E-state index is 0.774. The monoisotopic (exact) mass is 279 g/mol. The van der Waals surface area contributed by atoms with Gasteiger partial charge >= 0.3 is 0 Å². The van der Waals surface area contributed by atoms with E-state index in [0.717, 1.165) is 41.9 Å². The predicted octanol–water partition coefficient (Wildman–Crippen LogP) is 2.70. The first-order valence-electron chi connectivity index (χ1n) is 6.41. The van der Waals surface area contributed by atoms with Crippen molar-refractivity contribution in [3.8, 4) is 0 Å². The van der Waals surface area contributed by atoms with Crippen LogP contribution in [-0.4, -0.2) is 24.0 Å². The van der Waals surface area contributed by atoms with Gasteiger partial charge in [-0.3, -0.25) is 4.90 Å². The fourth-order valence-corrected chi connectivity index (χ4v) is 2.71. The molecule has 104 valence electrons. The predicted molar refractivity (Wildman–Crippen MR) is 78.2 cm³/mol. The Morgan fingerprint density at radius 2 is 2.16 bits per heavy atom. The first kappa shape index (κ1) is 14.2. The fraction of sp³-hybridized carbons (Fsp3) is 0.500. The van der Waals surface area contributed by atoms with Crippen molar-refractivity contribution in [2.45, 2.75) is 33.5 Å². The van der Waals surface area contributed by atoms with Gasteiger partial charge in [0, 0.05) is 24.0 Å². The average Bonchev–Trinajstić information content (AvgIpc) is 2.87. The molecule has 0 saturated heterocycles. The van der Waals surface area contributed by atoms with Crippen molar-refractivity contribution in [3.05, 3.63) is 39.2 Å². The third-order valence-electron chi connectivity index (χ3n) is 2.96. The van der Waals surface area contributed by atoms with E-state index in [1.54, 1.807) is 11.3 Å². The molecule has 0 unspecified atom stereocenters. The number of thiazole rings is 1. The number of aryl methyl sites for hydroxylation is 2. The molecule has 0 aromatic carbocycles. The van der Waals surface area contributed by atoms with E-state index < -0.39 is 0 Å². The molecule has 2 heterocycles. The molecule has 0 aliphatic carbocycles. The van der Waals surface area contributed by atoms with Crippen molar-refractivity contribution < 1.29 is 4.42 Å². The van der Waals surface area contributed by atoms with Crippen LogP contribution in [0.4, 0.5) is 0 Å². The number of nitrogens with zero attached hydrogens (tertiary/aromatic N) is 2. The van der Waals surface area contributed by atoms with Gasteiger partial charge < -0.3 is 9.73 Å². The van der Waals surface area contributed by atoms with Gasteiger partial charge in [0.05, 0.1) is 17.2 Å². The molecule has 0 amide bonds. The molecule has 0 spiro atoms. The van der Waals surface area contributed by atoms with Crippen LogP contribution in [0.5, 0.6) is 0 Å². The van der Waals surface area contributed by atoms with E-state index >= 15 is 0 Å². The van der Waals surface area contributed by atoms with E-state index in [0.29, 0.717) is 0 Å². The van der Waals surface area contributed by atoms with Crippen molar-refractivity contribution in [2.75, 3.05) is 14.1 Å². The van der Waals surface area contributed by atoms with Crippen LogP contribution in [-0.2, 0) is 19.6 Å². The maximum Gasteiger partial charge on any atom is 0.118 e. The van der Waals surface area contributed by atoms with Crippen molar-refractivity contribution in [1.82, 2.24) is 15.2 Å². The molecule has 2 aromatic rings. The third kappa shape index (κ3) is 3.89. The van der Waals surface area contributed by atoms with Gasteiger partial charge in [-0.2, -0.15) is 0 Å². The molecule has 1 N–H and O–H groups in total. The second-order valence-corrected chi connectivity index (χ2v) is 5.92. The number of rotatable bonds is 6. The Labute approximate surface area is 118 Å². The minimum Gasteiger partial charge on any atom is -0.465 e. The lowest BCUT2D eigenvalue weighted by Crippen LogP contribution is -2.17. The Morgan fingerprint density at radius 3 is 2.79 bits per heavy atom.